The number of halogens is 2. The highest BCUT2D eigenvalue weighted by molar-refractivity contribution is 9.11. The molecular formula is C20H22Br2NO7P. The molecule has 0 aliphatic heterocycles. The number of nitrogens with one attached hydrogen (secondary N) is 1. The van der Waals surface area contributed by atoms with E-state index in [1.807, 2.05) is 0 Å². The zero-order valence-electron chi connectivity index (χ0n) is 17.0. The molecule has 8 nitrogen and oxygen atoms in total. The van der Waals surface area contributed by atoms with Crippen molar-refractivity contribution in [3.05, 3.63) is 50.4 Å². The molecule has 2 aromatic carbocycles. The minimum atomic E-state index is -3.24. The summed E-state index contributed by atoms with van der Waals surface area (Å²) < 4.78 is 23.5. The lowest BCUT2D eigenvalue weighted by atomic mass is 10.1. The molecule has 31 heavy (non-hydrogen) atoms. The van der Waals surface area contributed by atoms with Gasteiger partial charge in [-0.2, -0.15) is 0 Å². The molecule has 0 aliphatic rings. The standard InChI is InChI=1S/C20H22Br2NO7P/c1-11(2)29-18(25)9-23-20(26)14-8-13(4-5-17(14)24)30-19-15(21)6-12(7-16(19)22)10-31(3,27)28/h4-8,11,24H,9-10H2,1-3H3,(H,23,26)(H,27,28). The lowest BCUT2D eigenvalue weighted by molar-refractivity contribution is -0.146. The Morgan fingerprint density at radius 3 is 2.32 bits per heavy atom. The topological polar surface area (TPSA) is 122 Å². The number of carbonyl (C=O) groups is 2. The van der Waals surface area contributed by atoms with Crippen LogP contribution in [0.25, 0.3) is 0 Å². The fourth-order valence-corrected chi connectivity index (χ4v) is 4.87. The summed E-state index contributed by atoms with van der Waals surface area (Å²) in [5.41, 5.74) is 0.560. The van der Waals surface area contributed by atoms with E-state index in [4.69, 9.17) is 9.47 Å². The van der Waals surface area contributed by atoms with Gasteiger partial charge in [0.05, 0.1) is 20.6 Å². The number of ether oxygens (including phenoxy) is 2. The Labute approximate surface area is 196 Å². The van der Waals surface area contributed by atoms with Crippen LogP contribution >= 0.6 is 39.2 Å². The molecule has 0 spiro atoms. The minimum absolute atomic E-state index is 0.00719. The van der Waals surface area contributed by atoms with Crippen molar-refractivity contribution in [2.24, 2.45) is 0 Å². The van der Waals surface area contributed by atoms with Gasteiger partial charge in [-0.15, -0.1) is 0 Å². The molecule has 2 aromatic rings. The first-order chi connectivity index (χ1) is 14.4. The van der Waals surface area contributed by atoms with Crippen molar-refractivity contribution in [3.63, 3.8) is 0 Å². The number of carbonyl (C=O) groups excluding carboxylic acids is 2. The van der Waals surface area contributed by atoms with Gasteiger partial charge in [-0.1, -0.05) is 0 Å². The second kappa shape index (κ2) is 10.6. The van der Waals surface area contributed by atoms with Crippen LogP contribution in [0.1, 0.15) is 29.8 Å². The predicted molar refractivity (Wildman–Crippen MR) is 123 cm³/mol. The van der Waals surface area contributed by atoms with Gasteiger partial charge in [0.15, 0.2) is 5.75 Å². The molecule has 0 aromatic heterocycles. The molecule has 2 rings (SSSR count). The lowest BCUT2D eigenvalue weighted by Crippen LogP contribution is -2.31. The van der Waals surface area contributed by atoms with Crippen molar-refractivity contribution in [2.45, 2.75) is 26.1 Å². The smallest absolute Gasteiger partial charge is 0.325 e. The second-order valence-electron chi connectivity index (χ2n) is 7.10. The molecule has 0 saturated carbocycles. The minimum Gasteiger partial charge on any atom is -0.507 e. The average Bonchev–Trinajstić information content (AvgIpc) is 2.62. The normalized spacial score (nSPS) is 12.9. The summed E-state index contributed by atoms with van der Waals surface area (Å²) in [5.74, 6) is -0.908. The van der Waals surface area contributed by atoms with Crippen molar-refractivity contribution in [3.8, 4) is 17.2 Å². The first-order valence-corrected chi connectivity index (χ1v) is 13.0. The van der Waals surface area contributed by atoms with Crippen molar-refractivity contribution >= 4 is 51.1 Å². The first-order valence-electron chi connectivity index (χ1n) is 9.11. The summed E-state index contributed by atoms with van der Waals surface area (Å²) in [5, 5.41) is 12.4. The Morgan fingerprint density at radius 1 is 1.16 bits per heavy atom. The Kier molecular flexibility index (Phi) is 8.71. The van der Waals surface area contributed by atoms with E-state index in [-0.39, 0.29) is 35.9 Å². The summed E-state index contributed by atoms with van der Waals surface area (Å²) in [6, 6.07) is 7.44. The van der Waals surface area contributed by atoms with E-state index in [1.165, 1.54) is 24.9 Å². The highest BCUT2D eigenvalue weighted by atomic mass is 79.9. The van der Waals surface area contributed by atoms with E-state index in [2.05, 4.69) is 37.2 Å². The Balaban J connectivity index is 2.19. The van der Waals surface area contributed by atoms with E-state index in [9.17, 15) is 24.2 Å². The third-order valence-corrected chi connectivity index (χ3v) is 5.86. The average molecular weight is 579 g/mol. The van der Waals surface area contributed by atoms with Crippen LogP contribution in [0.2, 0.25) is 0 Å². The lowest BCUT2D eigenvalue weighted by Gasteiger charge is -2.14. The zero-order valence-corrected chi connectivity index (χ0v) is 21.1. The van der Waals surface area contributed by atoms with Crippen molar-refractivity contribution in [2.75, 3.05) is 13.2 Å². The number of benzene rings is 2. The van der Waals surface area contributed by atoms with E-state index in [0.29, 0.717) is 20.3 Å². The molecule has 1 atom stereocenters. The highest BCUT2D eigenvalue weighted by Gasteiger charge is 2.18. The number of rotatable bonds is 8. The van der Waals surface area contributed by atoms with Crippen LogP contribution in [-0.4, -0.2) is 41.2 Å². The first kappa shape index (κ1) is 25.4. The quantitative estimate of drug-likeness (QED) is 0.304. The van der Waals surface area contributed by atoms with Gasteiger partial charge in [-0.05, 0) is 81.6 Å². The second-order valence-corrected chi connectivity index (χ2v) is 11.2. The van der Waals surface area contributed by atoms with Crippen molar-refractivity contribution in [1.82, 2.24) is 5.32 Å². The predicted octanol–water partition coefficient (Wildman–Crippen LogP) is 4.79. The number of amides is 1. The van der Waals surface area contributed by atoms with Crippen LogP contribution in [0.4, 0.5) is 0 Å². The van der Waals surface area contributed by atoms with Crippen LogP contribution < -0.4 is 10.1 Å². The molecule has 11 heteroatoms. The van der Waals surface area contributed by atoms with Crippen LogP contribution in [0.5, 0.6) is 17.2 Å². The van der Waals surface area contributed by atoms with E-state index >= 15 is 0 Å². The van der Waals surface area contributed by atoms with Gasteiger partial charge in [0.1, 0.15) is 18.0 Å². The van der Waals surface area contributed by atoms with Crippen LogP contribution in [-0.2, 0) is 20.3 Å². The maximum absolute atomic E-state index is 12.4. The maximum atomic E-state index is 12.4. The number of hydrogen-bond acceptors (Lipinski definition) is 6. The summed E-state index contributed by atoms with van der Waals surface area (Å²) in [6.45, 7) is 4.33. The van der Waals surface area contributed by atoms with Crippen molar-refractivity contribution in [1.29, 1.82) is 0 Å². The summed E-state index contributed by atoms with van der Waals surface area (Å²) >= 11 is 6.76. The Morgan fingerprint density at radius 2 is 1.77 bits per heavy atom. The molecule has 1 unspecified atom stereocenters. The fourth-order valence-electron chi connectivity index (χ4n) is 2.57. The summed E-state index contributed by atoms with van der Waals surface area (Å²) in [6.07, 6.45) is -0.299. The van der Waals surface area contributed by atoms with Crippen molar-refractivity contribution < 1.29 is 33.6 Å². The van der Waals surface area contributed by atoms with Gasteiger partial charge in [0.25, 0.3) is 5.91 Å². The molecule has 0 aliphatic carbocycles. The number of phenols is 1. The SMILES string of the molecule is CC(C)OC(=O)CNC(=O)c1cc(Oc2c(Br)cc(CP(C)(=O)O)cc2Br)ccc1O. The molecule has 3 N–H and O–H groups in total. The Bertz CT molecular complexity index is 1010. The molecular weight excluding hydrogens is 557 g/mol. The van der Waals surface area contributed by atoms with E-state index in [1.54, 1.807) is 26.0 Å². The van der Waals surface area contributed by atoms with E-state index in [0.717, 1.165) is 0 Å². The molecule has 0 bridgehead atoms. The zero-order chi connectivity index (χ0) is 23.3. The Hall–Kier alpha value is -1.87. The molecule has 0 radical (unpaired) electrons. The maximum Gasteiger partial charge on any atom is 0.325 e. The van der Waals surface area contributed by atoms with Gasteiger partial charge in [-0.25, -0.2) is 0 Å². The fraction of sp³-hybridized carbons (Fsp3) is 0.300. The monoisotopic (exact) mass is 577 g/mol. The van der Waals surface area contributed by atoms with Gasteiger partial charge in [0.2, 0.25) is 7.37 Å². The number of hydrogen-bond donors (Lipinski definition) is 3. The van der Waals surface area contributed by atoms with E-state index < -0.39 is 19.2 Å². The van der Waals surface area contributed by atoms with Gasteiger partial charge < -0.3 is 24.8 Å². The van der Waals surface area contributed by atoms with Crippen LogP contribution in [0.3, 0.4) is 0 Å². The summed E-state index contributed by atoms with van der Waals surface area (Å²) in [4.78, 5) is 33.6. The van der Waals surface area contributed by atoms with Gasteiger partial charge in [0, 0.05) is 12.8 Å². The van der Waals surface area contributed by atoms with Gasteiger partial charge >= 0.3 is 5.97 Å². The molecule has 0 saturated heterocycles. The molecule has 168 valence electrons. The third-order valence-electron chi connectivity index (χ3n) is 3.73. The third kappa shape index (κ3) is 7.96. The molecule has 0 heterocycles. The van der Waals surface area contributed by atoms with Gasteiger partial charge in [-0.3, -0.25) is 14.2 Å². The number of aromatic hydroxyl groups is 1. The number of phenolic OH excluding ortho intramolecular Hbond substituents is 1. The largest absolute Gasteiger partial charge is 0.507 e. The van der Waals surface area contributed by atoms with Crippen LogP contribution in [0.15, 0.2) is 39.3 Å². The highest BCUT2D eigenvalue weighted by Crippen LogP contribution is 2.44. The van der Waals surface area contributed by atoms with Crippen LogP contribution in [0, 0.1) is 0 Å². The molecule has 1 amide bonds. The molecule has 0 fully saturated rings. The summed E-state index contributed by atoms with van der Waals surface area (Å²) in [7, 11) is -3.24. The number of esters is 1.